The van der Waals surface area contributed by atoms with Crippen molar-refractivity contribution in [2.24, 2.45) is 0 Å². The summed E-state index contributed by atoms with van der Waals surface area (Å²) >= 11 is 0. The molecule has 1 N–H and O–H groups in total. The second kappa shape index (κ2) is 7.07. The number of rotatable bonds is 7. The number of likely N-dealkylation sites (N-methyl/N-ethyl adjacent to an activating group) is 1. The third-order valence-electron chi connectivity index (χ3n) is 2.96. The molecule has 0 amide bonds. The van der Waals surface area contributed by atoms with Crippen LogP contribution in [0.4, 0.5) is 0 Å². The molecule has 0 aliphatic carbocycles. The molecule has 0 spiro atoms. The van der Waals surface area contributed by atoms with Crippen molar-refractivity contribution in [3.63, 3.8) is 0 Å². The van der Waals surface area contributed by atoms with Crippen LogP contribution in [0.5, 0.6) is 0 Å². The highest BCUT2D eigenvalue weighted by atomic mass is 16.5. The van der Waals surface area contributed by atoms with Crippen LogP contribution >= 0.6 is 0 Å². The number of aromatic nitrogens is 2. The van der Waals surface area contributed by atoms with E-state index in [9.17, 15) is 0 Å². The second-order valence-corrected chi connectivity index (χ2v) is 4.32. The Hall–Kier alpha value is -1.65. The summed E-state index contributed by atoms with van der Waals surface area (Å²) in [5.41, 5.74) is 2.22. The van der Waals surface area contributed by atoms with Gasteiger partial charge in [-0.25, -0.2) is 4.68 Å². The summed E-state index contributed by atoms with van der Waals surface area (Å²) in [4.78, 5) is 0. The lowest BCUT2D eigenvalue weighted by molar-refractivity contribution is 0.123. The average Bonchev–Trinajstić information content (AvgIpc) is 2.94. The minimum Gasteiger partial charge on any atom is -0.380 e. The summed E-state index contributed by atoms with van der Waals surface area (Å²) in [6.45, 7) is 6.42. The van der Waals surface area contributed by atoms with E-state index >= 15 is 0 Å². The van der Waals surface area contributed by atoms with Gasteiger partial charge >= 0.3 is 0 Å². The number of para-hydroxylation sites is 1. The maximum absolute atomic E-state index is 5.52. The number of nitrogens with zero attached hydrogens (tertiary/aromatic N) is 2. The molecule has 0 aliphatic rings. The molecule has 1 aromatic carbocycles. The average molecular weight is 259 g/mol. The predicted molar refractivity (Wildman–Crippen MR) is 76.5 cm³/mol. The Labute approximate surface area is 114 Å². The number of ether oxygens (including phenoxy) is 1. The quantitative estimate of drug-likeness (QED) is 0.830. The monoisotopic (exact) mass is 259 g/mol. The molecular formula is C15H21N3O. The molecule has 0 saturated carbocycles. The van der Waals surface area contributed by atoms with E-state index in [2.05, 4.69) is 23.5 Å². The third kappa shape index (κ3) is 3.66. The van der Waals surface area contributed by atoms with Crippen LogP contribution in [0.1, 0.15) is 25.5 Å². The predicted octanol–water partition coefficient (Wildman–Crippen LogP) is 2.56. The van der Waals surface area contributed by atoms with Crippen LogP contribution in [0.25, 0.3) is 5.69 Å². The van der Waals surface area contributed by atoms with Crippen molar-refractivity contribution in [1.82, 2.24) is 15.1 Å². The van der Waals surface area contributed by atoms with E-state index in [4.69, 9.17) is 4.74 Å². The van der Waals surface area contributed by atoms with Gasteiger partial charge in [-0.2, -0.15) is 5.10 Å². The minimum absolute atomic E-state index is 0.197. The maximum atomic E-state index is 5.52. The van der Waals surface area contributed by atoms with Crippen molar-refractivity contribution < 1.29 is 4.74 Å². The Morgan fingerprint density at radius 3 is 2.74 bits per heavy atom. The molecule has 1 atom stereocenters. The molecule has 4 nitrogen and oxygen atoms in total. The Bertz CT molecular complexity index is 481. The first kappa shape index (κ1) is 13.8. The molecule has 1 unspecified atom stereocenters. The molecule has 1 heterocycles. The van der Waals surface area contributed by atoms with Gasteiger partial charge in [0.05, 0.1) is 24.5 Å². The first-order valence-corrected chi connectivity index (χ1v) is 6.76. The Balaban J connectivity index is 2.14. The van der Waals surface area contributed by atoms with Gasteiger partial charge in [0.15, 0.2) is 0 Å². The standard InChI is InChI=1S/C15H21N3O/c1-3-16-15(12-19-4-2)13-10-17-18(11-13)14-8-6-5-7-9-14/h5-11,15-16H,3-4,12H2,1-2H3. The molecule has 19 heavy (non-hydrogen) atoms. The highest BCUT2D eigenvalue weighted by molar-refractivity contribution is 5.31. The summed E-state index contributed by atoms with van der Waals surface area (Å²) in [5.74, 6) is 0. The molecule has 102 valence electrons. The van der Waals surface area contributed by atoms with E-state index in [0.717, 1.165) is 24.4 Å². The molecular weight excluding hydrogens is 238 g/mol. The fourth-order valence-electron chi connectivity index (χ4n) is 1.99. The van der Waals surface area contributed by atoms with Gasteiger partial charge in [0.1, 0.15) is 0 Å². The van der Waals surface area contributed by atoms with Gasteiger partial charge in [-0.1, -0.05) is 25.1 Å². The number of hydrogen-bond donors (Lipinski definition) is 1. The topological polar surface area (TPSA) is 39.1 Å². The van der Waals surface area contributed by atoms with Crippen LogP contribution in [-0.4, -0.2) is 29.5 Å². The molecule has 0 saturated heterocycles. The zero-order chi connectivity index (χ0) is 13.5. The molecule has 0 fully saturated rings. The van der Waals surface area contributed by atoms with E-state index < -0.39 is 0 Å². The van der Waals surface area contributed by atoms with Crippen molar-refractivity contribution >= 4 is 0 Å². The van der Waals surface area contributed by atoms with E-state index in [1.54, 1.807) is 0 Å². The molecule has 0 bridgehead atoms. The number of nitrogens with one attached hydrogen (secondary N) is 1. The molecule has 2 aromatic rings. The van der Waals surface area contributed by atoms with Gasteiger partial charge in [-0.3, -0.25) is 0 Å². The summed E-state index contributed by atoms with van der Waals surface area (Å²) in [6.07, 6.45) is 3.96. The van der Waals surface area contributed by atoms with E-state index in [1.165, 1.54) is 0 Å². The molecule has 4 heteroatoms. The van der Waals surface area contributed by atoms with Gasteiger partial charge in [-0.05, 0) is 25.6 Å². The zero-order valence-corrected chi connectivity index (χ0v) is 11.5. The van der Waals surface area contributed by atoms with E-state index in [1.807, 2.05) is 48.1 Å². The highest BCUT2D eigenvalue weighted by Crippen LogP contribution is 2.15. The van der Waals surface area contributed by atoms with Gasteiger partial charge in [0.25, 0.3) is 0 Å². The Kier molecular flexibility index (Phi) is 5.12. The van der Waals surface area contributed by atoms with E-state index in [-0.39, 0.29) is 6.04 Å². The zero-order valence-electron chi connectivity index (χ0n) is 11.5. The van der Waals surface area contributed by atoms with Gasteiger partial charge in [0, 0.05) is 18.4 Å². The second-order valence-electron chi connectivity index (χ2n) is 4.32. The normalized spacial score (nSPS) is 12.5. The fraction of sp³-hybridized carbons (Fsp3) is 0.400. The van der Waals surface area contributed by atoms with Crippen molar-refractivity contribution in [2.75, 3.05) is 19.8 Å². The van der Waals surface area contributed by atoms with Crippen molar-refractivity contribution in [3.8, 4) is 5.69 Å². The van der Waals surface area contributed by atoms with Crippen LogP contribution in [-0.2, 0) is 4.74 Å². The minimum atomic E-state index is 0.197. The van der Waals surface area contributed by atoms with Crippen molar-refractivity contribution in [2.45, 2.75) is 19.9 Å². The smallest absolute Gasteiger partial charge is 0.0662 e. The van der Waals surface area contributed by atoms with Gasteiger partial charge < -0.3 is 10.1 Å². The van der Waals surface area contributed by atoms with Crippen LogP contribution in [0.3, 0.4) is 0 Å². The first-order chi connectivity index (χ1) is 9.35. The van der Waals surface area contributed by atoms with Crippen LogP contribution < -0.4 is 5.32 Å². The fourth-order valence-corrected chi connectivity index (χ4v) is 1.99. The van der Waals surface area contributed by atoms with Crippen LogP contribution in [0.2, 0.25) is 0 Å². The Morgan fingerprint density at radius 2 is 2.05 bits per heavy atom. The van der Waals surface area contributed by atoms with Crippen molar-refractivity contribution in [1.29, 1.82) is 0 Å². The van der Waals surface area contributed by atoms with Crippen molar-refractivity contribution in [3.05, 3.63) is 48.3 Å². The molecule has 0 aliphatic heterocycles. The Morgan fingerprint density at radius 1 is 1.26 bits per heavy atom. The number of hydrogen-bond acceptors (Lipinski definition) is 3. The number of benzene rings is 1. The van der Waals surface area contributed by atoms with E-state index in [0.29, 0.717) is 6.61 Å². The molecule has 1 aromatic heterocycles. The van der Waals surface area contributed by atoms with Gasteiger partial charge in [0.2, 0.25) is 0 Å². The van der Waals surface area contributed by atoms with Gasteiger partial charge in [-0.15, -0.1) is 0 Å². The highest BCUT2D eigenvalue weighted by Gasteiger charge is 2.12. The lowest BCUT2D eigenvalue weighted by atomic mass is 10.2. The van der Waals surface area contributed by atoms with Crippen LogP contribution in [0.15, 0.2) is 42.7 Å². The lowest BCUT2D eigenvalue weighted by Crippen LogP contribution is -2.25. The summed E-state index contributed by atoms with van der Waals surface area (Å²) in [5, 5.41) is 7.84. The SMILES string of the molecule is CCNC(COCC)c1cnn(-c2ccccc2)c1. The summed E-state index contributed by atoms with van der Waals surface area (Å²) in [7, 11) is 0. The summed E-state index contributed by atoms with van der Waals surface area (Å²) in [6, 6.07) is 10.3. The lowest BCUT2D eigenvalue weighted by Gasteiger charge is -2.15. The largest absolute Gasteiger partial charge is 0.380 e. The first-order valence-electron chi connectivity index (χ1n) is 6.76. The van der Waals surface area contributed by atoms with Crippen LogP contribution in [0, 0.1) is 0 Å². The third-order valence-corrected chi connectivity index (χ3v) is 2.96. The molecule has 2 rings (SSSR count). The maximum Gasteiger partial charge on any atom is 0.0662 e. The summed E-state index contributed by atoms with van der Waals surface area (Å²) < 4.78 is 7.41. The molecule has 0 radical (unpaired) electrons.